The van der Waals surface area contributed by atoms with E-state index < -0.39 is 0 Å². The number of likely N-dealkylation sites (N-methyl/N-ethyl adjacent to an activating group) is 1. The quantitative estimate of drug-likeness (QED) is 0.896. The van der Waals surface area contributed by atoms with Crippen molar-refractivity contribution in [3.63, 3.8) is 0 Å². The zero-order valence-electron chi connectivity index (χ0n) is 12.2. The van der Waals surface area contributed by atoms with E-state index in [1.807, 2.05) is 13.0 Å². The largest absolute Gasteiger partial charge is 0.494 e. The van der Waals surface area contributed by atoms with E-state index in [1.54, 1.807) is 0 Å². The smallest absolute Gasteiger partial charge is 0.120 e. The Morgan fingerprint density at radius 3 is 2.68 bits per heavy atom. The molecule has 19 heavy (non-hydrogen) atoms. The van der Waals surface area contributed by atoms with Crippen LogP contribution in [-0.4, -0.2) is 36.7 Å². The molecule has 1 aromatic heterocycles. The summed E-state index contributed by atoms with van der Waals surface area (Å²) in [5, 5.41) is 1.22. The van der Waals surface area contributed by atoms with E-state index >= 15 is 0 Å². The van der Waals surface area contributed by atoms with E-state index in [-0.39, 0.29) is 6.04 Å². The number of hydrogen-bond acceptors (Lipinski definition) is 3. The molecule has 4 nitrogen and oxygen atoms in total. The van der Waals surface area contributed by atoms with Gasteiger partial charge in [0.2, 0.25) is 0 Å². The van der Waals surface area contributed by atoms with Gasteiger partial charge in [-0.2, -0.15) is 0 Å². The summed E-state index contributed by atoms with van der Waals surface area (Å²) in [5.74, 6) is 0.914. The zero-order valence-corrected chi connectivity index (χ0v) is 12.2. The molecule has 0 saturated carbocycles. The maximum Gasteiger partial charge on any atom is 0.120 e. The van der Waals surface area contributed by atoms with Gasteiger partial charge in [-0.1, -0.05) is 0 Å². The monoisotopic (exact) mass is 261 g/mol. The van der Waals surface area contributed by atoms with Crippen LogP contribution in [0.25, 0.3) is 10.9 Å². The highest BCUT2D eigenvalue weighted by Gasteiger charge is 2.18. The van der Waals surface area contributed by atoms with Gasteiger partial charge in [-0.3, -0.25) is 0 Å². The first-order valence-corrected chi connectivity index (χ1v) is 6.66. The van der Waals surface area contributed by atoms with Gasteiger partial charge in [-0.05, 0) is 44.8 Å². The normalized spacial score (nSPS) is 13.2. The number of rotatable bonds is 5. The molecule has 0 radical (unpaired) electrons. The maximum absolute atomic E-state index is 5.92. The molecule has 1 unspecified atom stereocenters. The molecule has 0 aliphatic rings. The summed E-state index contributed by atoms with van der Waals surface area (Å²) in [5.41, 5.74) is 8.38. The second-order valence-corrected chi connectivity index (χ2v) is 5.02. The molecule has 0 fully saturated rings. The molecule has 1 atom stereocenters. The van der Waals surface area contributed by atoms with Gasteiger partial charge in [0, 0.05) is 36.7 Å². The third kappa shape index (κ3) is 2.60. The lowest BCUT2D eigenvalue weighted by Crippen LogP contribution is -2.27. The number of nitrogens with zero attached hydrogens (tertiary/aromatic N) is 2. The Balaban J connectivity index is 2.56. The van der Waals surface area contributed by atoms with Crippen LogP contribution in [0.4, 0.5) is 0 Å². The highest BCUT2D eigenvalue weighted by molar-refractivity contribution is 5.86. The molecule has 4 heteroatoms. The van der Waals surface area contributed by atoms with Crippen molar-refractivity contribution in [2.75, 3.05) is 27.2 Å². The summed E-state index contributed by atoms with van der Waals surface area (Å²) < 4.78 is 7.74. The SMILES string of the molecule is CCOc1ccc2c(c1)c(C(CN)N(C)C)cn2C. The molecule has 2 N–H and O–H groups in total. The number of aromatic nitrogens is 1. The first-order valence-electron chi connectivity index (χ1n) is 6.66. The molecule has 104 valence electrons. The van der Waals surface area contributed by atoms with Crippen molar-refractivity contribution in [3.05, 3.63) is 30.0 Å². The highest BCUT2D eigenvalue weighted by Crippen LogP contribution is 2.30. The van der Waals surface area contributed by atoms with Crippen LogP contribution in [0.5, 0.6) is 5.75 Å². The van der Waals surface area contributed by atoms with Crippen LogP contribution in [0.3, 0.4) is 0 Å². The van der Waals surface area contributed by atoms with Crippen molar-refractivity contribution in [2.45, 2.75) is 13.0 Å². The van der Waals surface area contributed by atoms with Crippen molar-refractivity contribution in [1.82, 2.24) is 9.47 Å². The van der Waals surface area contributed by atoms with Crippen LogP contribution < -0.4 is 10.5 Å². The molecule has 0 saturated heterocycles. The summed E-state index contributed by atoms with van der Waals surface area (Å²) in [4.78, 5) is 2.15. The number of benzene rings is 1. The average Bonchev–Trinajstić information content (AvgIpc) is 2.68. The predicted octanol–water partition coefficient (Wildman–Crippen LogP) is 2.14. The summed E-state index contributed by atoms with van der Waals surface area (Å²) in [6, 6.07) is 6.46. The molecule has 0 aliphatic carbocycles. The third-order valence-electron chi connectivity index (χ3n) is 3.51. The van der Waals surface area contributed by atoms with Crippen LogP contribution in [0, 0.1) is 0 Å². The lowest BCUT2D eigenvalue weighted by atomic mass is 10.0. The van der Waals surface area contributed by atoms with Gasteiger partial charge >= 0.3 is 0 Å². The van der Waals surface area contributed by atoms with Crippen molar-refractivity contribution in [3.8, 4) is 5.75 Å². The summed E-state index contributed by atoms with van der Waals surface area (Å²) in [6.07, 6.45) is 2.16. The van der Waals surface area contributed by atoms with E-state index in [4.69, 9.17) is 10.5 Å². The number of aryl methyl sites for hydroxylation is 1. The second kappa shape index (κ2) is 5.63. The number of hydrogen-bond donors (Lipinski definition) is 1. The van der Waals surface area contributed by atoms with Gasteiger partial charge in [0.15, 0.2) is 0 Å². The Morgan fingerprint density at radius 2 is 2.11 bits per heavy atom. The number of ether oxygens (including phenoxy) is 1. The van der Waals surface area contributed by atoms with Gasteiger partial charge < -0.3 is 19.9 Å². The Kier molecular flexibility index (Phi) is 4.12. The van der Waals surface area contributed by atoms with Crippen LogP contribution in [-0.2, 0) is 7.05 Å². The standard InChI is InChI=1S/C15H23N3O/c1-5-19-11-6-7-14-12(8-11)13(10-18(14)4)15(9-16)17(2)3/h6-8,10,15H,5,9,16H2,1-4H3. The van der Waals surface area contributed by atoms with Gasteiger partial charge in [0.05, 0.1) is 6.61 Å². The van der Waals surface area contributed by atoms with E-state index in [2.05, 4.69) is 48.9 Å². The van der Waals surface area contributed by atoms with Crippen LogP contribution >= 0.6 is 0 Å². The first-order chi connectivity index (χ1) is 9.08. The highest BCUT2D eigenvalue weighted by atomic mass is 16.5. The lowest BCUT2D eigenvalue weighted by Gasteiger charge is -2.22. The second-order valence-electron chi connectivity index (χ2n) is 5.02. The molecule has 0 bridgehead atoms. The fraction of sp³-hybridized carbons (Fsp3) is 0.467. The minimum absolute atomic E-state index is 0.223. The van der Waals surface area contributed by atoms with Crippen LogP contribution in [0.15, 0.2) is 24.4 Å². The Hall–Kier alpha value is -1.52. The molecule has 2 aromatic rings. The van der Waals surface area contributed by atoms with Crippen molar-refractivity contribution in [2.24, 2.45) is 12.8 Å². The Morgan fingerprint density at radius 1 is 1.37 bits per heavy atom. The third-order valence-corrected chi connectivity index (χ3v) is 3.51. The predicted molar refractivity (Wildman–Crippen MR) is 79.6 cm³/mol. The number of nitrogens with two attached hydrogens (primary N) is 1. The van der Waals surface area contributed by atoms with E-state index in [9.17, 15) is 0 Å². The molecule has 0 amide bonds. The minimum Gasteiger partial charge on any atom is -0.494 e. The van der Waals surface area contributed by atoms with E-state index in [1.165, 1.54) is 16.5 Å². The molecule has 1 aromatic carbocycles. The van der Waals surface area contributed by atoms with Crippen molar-refractivity contribution >= 4 is 10.9 Å². The van der Waals surface area contributed by atoms with Crippen molar-refractivity contribution in [1.29, 1.82) is 0 Å². The topological polar surface area (TPSA) is 43.4 Å². The van der Waals surface area contributed by atoms with Crippen LogP contribution in [0.2, 0.25) is 0 Å². The molecular formula is C15H23N3O. The molecule has 1 heterocycles. The fourth-order valence-electron chi connectivity index (χ4n) is 2.54. The molecule has 0 aliphatic heterocycles. The summed E-state index contributed by atoms with van der Waals surface area (Å²) in [6.45, 7) is 3.28. The molecule has 0 spiro atoms. The van der Waals surface area contributed by atoms with E-state index in [0.717, 1.165) is 5.75 Å². The van der Waals surface area contributed by atoms with Gasteiger partial charge in [-0.15, -0.1) is 0 Å². The fourth-order valence-corrected chi connectivity index (χ4v) is 2.54. The molecule has 2 rings (SSSR count). The van der Waals surface area contributed by atoms with Gasteiger partial charge in [-0.25, -0.2) is 0 Å². The van der Waals surface area contributed by atoms with Crippen molar-refractivity contribution < 1.29 is 4.74 Å². The maximum atomic E-state index is 5.92. The Labute approximate surface area is 114 Å². The molecular weight excluding hydrogens is 238 g/mol. The minimum atomic E-state index is 0.223. The van der Waals surface area contributed by atoms with Crippen LogP contribution in [0.1, 0.15) is 18.5 Å². The number of fused-ring (bicyclic) bond motifs is 1. The lowest BCUT2D eigenvalue weighted by molar-refractivity contribution is 0.307. The first kappa shape index (κ1) is 13.9. The summed E-state index contributed by atoms with van der Waals surface area (Å²) >= 11 is 0. The summed E-state index contributed by atoms with van der Waals surface area (Å²) in [7, 11) is 6.18. The van der Waals surface area contributed by atoms with Gasteiger partial charge in [0.25, 0.3) is 0 Å². The Bertz CT molecular complexity index is 560. The van der Waals surface area contributed by atoms with E-state index in [0.29, 0.717) is 13.2 Å². The average molecular weight is 261 g/mol. The zero-order chi connectivity index (χ0) is 14.0. The van der Waals surface area contributed by atoms with Gasteiger partial charge in [0.1, 0.15) is 5.75 Å².